The molecule has 1 aliphatic heterocycles. The molecule has 32 heavy (non-hydrogen) atoms. The van der Waals surface area contributed by atoms with Crippen LogP contribution in [-0.2, 0) is 6.54 Å². The number of halogens is 2. The smallest absolute Gasteiger partial charge is 0.131 e. The standard InChI is InChI=1S/C24H34ClFN6/c1-31-10-12-32(13-11-31)17-18-2-7-22(28-15-18)21-16-29-24(25)14-23(21)30-20-5-3-19(4-6-20)27-9-8-26/h2,7,14-16,19-20,27H,3-6,8-13,17H2,1H3,(H,29,30). The van der Waals surface area contributed by atoms with Crippen LogP contribution < -0.4 is 10.6 Å². The fourth-order valence-electron chi connectivity index (χ4n) is 4.62. The number of hydrogen-bond acceptors (Lipinski definition) is 6. The number of likely N-dealkylation sites (N-methyl/N-ethyl adjacent to an activating group) is 1. The monoisotopic (exact) mass is 460 g/mol. The van der Waals surface area contributed by atoms with Crippen LogP contribution in [0.3, 0.4) is 0 Å². The fraction of sp³-hybridized carbons (Fsp3) is 0.583. The number of anilines is 1. The van der Waals surface area contributed by atoms with E-state index >= 15 is 0 Å². The molecule has 1 saturated carbocycles. The predicted octanol–water partition coefficient (Wildman–Crippen LogP) is 3.83. The van der Waals surface area contributed by atoms with Gasteiger partial charge >= 0.3 is 0 Å². The third-order valence-electron chi connectivity index (χ3n) is 6.59. The second kappa shape index (κ2) is 11.4. The van der Waals surface area contributed by atoms with Crippen LogP contribution in [0.4, 0.5) is 10.1 Å². The molecule has 0 unspecified atom stereocenters. The third kappa shape index (κ3) is 6.38. The summed E-state index contributed by atoms with van der Waals surface area (Å²) in [5.41, 5.74) is 4.08. The van der Waals surface area contributed by atoms with E-state index in [4.69, 9.17) is 16.6 Å². The molecule has 2 fully saturated rings. The predicted molar refractivity (Wildman–Crippen MR) is 129 cm³/mol. The first-order chi connectivity index (χ1) is 15.6. The van der Waals surface area contributed by atoms with E-state index < -0.39 is 0 Å². The maximum absolute atomic E-state index is 12.4. The highest BCUT2D eigenvalue weighted by atomic mass is 35.5. The summed E-state index contributed by atoms with van der Waals surface area (Å²) in [6.45, 7) is 5.50. The zero-order valence-corrected chi connectivity index (χ0v) is 19.6. The van der Waals surface area contributed by atoms with Crippen LogP contribution in [0.2, 0.25) is 5.15 Å². The molecule has 1 aliphatic carbocycles. The summed E-state index contributed by atoms with van der Waals surface area (Å²) in [5.74, 6) is 0. The van der Waals surface area contributed by atoms with Gasteiger partial charge < -0.3 is 15.5 Å². The highest BCUT2D eigenvalue weighted by Crippen LogP contribution is 2.31. The average Bonchev–Trinajstić information content (AvgIpc) is 2.81. The largest absolute Gasteiger partial charge is 0.382 e. The van der Waals surface area contributed by atoms with Crippen LogP contribution in [0.1, 0.15) is 31.2 Å². The van der Waals surface area contributed by atoms with E-state index in [0.29, 0.717) is 23.8 Å². The molecule has 6 nitrogen and oxygen atoms in total. The maximum atomic E-state index is 12.4. The Balaban J connectivity index is 1.39. The van der Waals surface area contributed by atoms with Gasteiger partial charge in [0, 0.05) is 75.0 Å². The number of nitrogens with one attached hydrogen (secondary N) is 2. The number of pyridine rings is 2. The lowest BCUT2D eigenvalue weighted by Gasteiger charge is -2.32. The SMILES string of the molecule is CN1CCN(Cc2ccc(-c3cnc(Cl)cc3NC3CCC(NCCF)CC3)nc2)CC1. The van der Waals surface area contributed by atoms with Crippen molar-refractivity contribution in [2.24, 2.45) is 0 Å². The Morgan fingerprint density at radius 3 is 2.47 bits per heavy atom. The summed E-state index contributed by atoms with van der Waals surface area (Å²) in [6.07, 6.45) is 7.97. The van der Waals surface area contributed by atoms with E-state index in [1.54, 1.807) is 0 Å². The molecule has 4 rings (SSSR count). The van der Waals surface area contributed by atoms with E-state index in [1.165, 1.54) is 5.56 Å². The fourth-order valence-corrected chi connectivity index (χ4v) is 4.77. The number of nitrogens with zero attached hydrogens (tertiary/aromatic N) is 4. The Morgan fingerprint density at radius 1 is 1.03 bits per heavy atom. The van der Waals surface area contributed by atoms with Gasteiger partial charge in [-0.1, -0.05) is 17.7 Å². The van der Waals surface area contributed by atoms with E-state index in [-0.39, 0.29) is 6.67 Å². The van der Waals surface area contributed by atoms with Gasteiger partial charge in [0.05, 0.1) is 5.69 Å². The molecular weight excluding hydrogens is 427 g/mol. The highest BCUT2D eigenvalue weighted by molar-refractivity contribution is 6.29. The van der Waals surface area contributed by atoms with Gasteiger partial charge in [-0.2, -0.15) is 0 Å². The topological polar surface area (TPSA) is 56.3 Å². The first-order valence-electron chi connectivity index (χ1n) is 11.7. The van der Waals surface area contributed by atoms with Gasteiger partial charge in [0.1, 0.15) is 11.8 Å². The van der Waals surface area contributed by atoms with E-state index in [1.807, 2.05) is 18.5 Å². The van der Waals surface area contributed by atoms with Crippen LogP contribution in [0.5, 0.6) is 0 Å². The van der Waals surface area contributed by atoms with Crippen molar-refractivity contribution in [3.8, 4) is 11.3 Å². The summed E-state index contributed by atoms with van der Waals surface area (Å²) >= 11 is 6.22. The van der Waals surface area contributed by atoms with Crippen molar-refractivity contribution < 1.29 is 4.39 Å². The highest BCUT2D eigenvalue weighted by Gasteiger charge is 2.22. The second-order valence-electron chi connectivity index (χ2n) is 9.02. The molecule has 2 aromatic heterocycles. The Morgan fingerprint density at radius 2 is 1.78 bits per heavy atom. The summed E-state index contributed by atoms with van der Waals surface area (Å²) in [5, 5.41) is 7.43. The van der Waals surface area contributed by atoms with Gasteiger partial charge in [-0.05, 0) is 50.4 Å². The van der Waals surface area contributed by atoms with Gasteiger partial charge in [0.15, 0.2) is 0 Å². The Hall–Kier alpha value is -1.80. The average molecular weight is 461 g/mol. The number of hydrogen-bond donors (Lipinski definition) is 2. The lowest BCUT2D eigenvalue weighted by molar-refractivity contribution is 0.148. The molecule has 174 valence electrons. The van der Waals surface area contributed by atoms with Gasteiger partial charge in [-0.15, -0.1) is 0 Å². The summed E-state index contributed by atoms with van der Waals surface area (Å²) < 4.78 is 12.4. The lowest BCUT2D eigenvalue weighted by atomic mass is 9.91. The number of alkyl halides is 1. The Bertz CT molecular complexity index is 848. The van der Waals surface area contributed by atoms with Crippen molar-refractivity contribution in [2.75, 3.05) is 51.8 Å². The van der Waals surface area contributed by atoms with Crippen molar-refractivity contribution in [3.63, 3.8) is 0 Å². The molecule has 0 amide bonds. The molecule has 3 heterocycles. The van der Waals surface area contributed by atoms with Gasteiger partial charge in [-0.25, -0.2) is 9.37 Å². The quantitative estimate of drug-likeness (QED) is 0.584. The molecule has 0 bridgehead atoms. The summed E-state index contributed by atoms with van der Waals surface area (Å²) in [7, 11) is 2.18. The zero-order valence-electron chi connectivity index (χ0n) is 18.9. The first-order valence-corrected chi connectivity index (χ1v) is 12.1. The summed E-state index contributed by atoms with van der Waals surface area (Å²) in [6, 6.07) is 6.93. The molecule has 0 aromatic carbocycles. The van der Waals surface area contributed by atoms with Crippen LogP contribution in [0.25, 0.3) is 11.3 Å². The first kappa shape index (κ1) is 23.4. The normalized spacial score (nSPS) is 22.7. The van der Waals surface area contributed by atoms with Crippen molar-refractivity contribution in [2.45, 2.75) is 44.3 Å². The second-order valence-corrected chi connectivity index (χ2v) is 9.41. The molecule has 2 aliphatic rings. The molecule has 1 saturated heterocycles. The van der Waals surface area contributed by atoms with Crippen LogP contribution in [-0.4, -0.2) is 78.3 Å². The minimum absolute atomic E-state index is 0.307. The van der Waals surface area contributed by atoms with Gasteiger partial charge in [-0.3, -0.25) is 9.88 Å². The van der Waals surface area contributed by atoms with Crippen molar-refractivity contribution in [1.82, 2.24) is 25.1 Å². The molecule has 2 N–H and O–H groups in total. The summed E-state index contributed by atoms with van der Waals surface area (Å²) in [4.78, 5) is 13.9. The molecular formula is C24H34ClFN6. The van der Waals surface area contributed by atoms with Gasteiger partial charge in [0.2, 0.25) is 0 Å². The van der Waals surface area contributed by atoms with E-state index in [0.717, 1.165) is 75.4 Å². The van der Waals surface area contributed by atoms with E-state index in [2.05, 4.69) is 44.6 Å². The zero-order chi connectivity index (χ0) is 22.3. The Kier molecular flexibility index (Phi) is 8.30. The molecule has 0 spiro atoms. The number of aromatic nitrogens is 2. The van der Waals surface area contributed by atoms with Crippen LogP contribution in [0.15, 0.2) is 30.6 Å². The molecule has 8 heteroatoms. The van der Waals surface area contributed by atoms with Crippen molar-refractivity contribution >= 4 is 17.3 Å². The minimum Gasteiger partial charge on any atom is -0.382 e. The lowest BCUT2D eigenvalue weighted by Crippen LogP contribution is -2.43. The molecule has 0 atom stereocenters. The van der Waals surface area contributed by atoms with Crippen LogP contribution >= 0.6 is 11.6 Å². The van der Waals surface area contributed by atoms with E-state index in [9.17, 15) is 4.39 Å². The van der Waals surface area contributed by atoms with Crippen molar-refractivity contribution in [1.29, 1.82) is 0 Å². The Labute approximate surface area is 195 Å². The minimum atomic E-state index is -0.307. The maximum Gasteiger partial charge on any atom is 0.131 e. The number of rotatable bonds is 8. The molecule has 2 aromatic rings. The molecule has 0 radical (unpaired) electrons. The van der Waals surface area contributed by atoms with Crippen LogP contribution in [0, 0.1) is 0 Å². The third-order valence-corrected chi connectivity index (χ3v) is 6.79. The van der Waals surface area contributed by atoms with Crippen molar-refractivity contribution in [3.05, 3.63) is 41.3 Å². The van der Waals surface area contributed by atoms with Gasteiger partial charge in [0.25, 0.3) is 0 Å². The number of piperazine rings is 1.